The van der Waals surface area contributed by atoms with Gasteiger partial charge in [-0.25, -0.2) is 4.98 Å². The highest BCUT2D eigenvalue weighted by molar-refractivity contribution is 7.99. The molecule has 3 heterocycles. The van der Waals surface area contributed by atoms with Gasteiger partial charge in [-0.15, -0.1) is 10.2 Å². The van der Waals surface area contributed by atoms with Gasteiger partial charge in [-0.2, -0.15) is 0 Å². The number of hydrogen-bond donors (Lipinski definition) is 1. The van der Waals surface area contributed by atoms with Gasteiger partial charge in [-0.3, -0.25) is 4.79 Å². The molecule has 3 aromatic rings. The van der Waals surface area contributed by atoms with Gasteiger partial charge in [0.2, 0.25) is 5.91 Å². The van der Waals surface area contributed by atoms with Crippen molar-refractivity contribution in [3.63, 3.8) is 0 Å². The number of ether oxygens (including phenoxy) is 2. The number of fused-ring (bicyclic) bond motifs is 1. The molecule has 11 heteroatoms. The molecule has 1 N–H and O–H groups in total. The first-order valence-electron chi connectivity index (χ1n) is 8.95. The van der Waals surface area contributed by atoms with Gasteiger partial charge >= 0.3 is 0 Å². The van der Waals surface area contributed by atoms with Gasteiger partial charge < -0.3 is 19.4 Å². The lowest BCUT2D eigenvalue weighted by molar-refractivity contribution is -0.113. The highest BCUT2D eigenvalue weighted by atomic mass is 35.5. The van der Waals surface area contributed by atoms with Crippen molar-refractivity contribution in [2.45, 2.75) is 18.2 Å². The van der Waals surface area contributed by atoms with Crippen LogP contribution < -0.4 is 14.8 Å². The van der Waals surface area contributed by atoms with Gasteiger partial charge in [0.15, 0.2) is 34.4 Å². The number of rotatable bonds is 5. The minimum absolute atomic E-state index is 0.108. The highest BCUT2D eigenvalue weighted by Crippen LogP contribution is 2.36. The summed E-state index contributed by atoms with van der Waals surface area (Å²) >= 11 is 13.4. The second kappa shape index (κ2) is 8.71. The summed E-state index contributed by atoms with van der Waals surface area (Å²) < 4.78 is 13.5. The van der Waals surface area contributed by atoms with Crippen LogP contribution in [0.3, 0.4) is 0 Å². The van der Waals surface area contributed by atoms with Crippen LogP contribution in [0, 0.1) is 6.92 Å². The minimum atomic E-state index is -0.388. The van der Waals surface area contributed by atoms with E-state index < -0.39 is 0 Å². The Morgan fingerprint density at radius 1 is 1.30 bits per heavy atom. The smallest absolute Gasteiger partial charge is 0.236 e. The van der Waals surface area contributed by atoms with Crippen molar-refractivity contribution >= 4 is 46.7 Å². The van der Waals surface area contributed by atoms with Crippen LogP contribution >= 0.6 is 35.0 Å². The Morgan fingerprint density at radius 2 is 2.07 bits per heavy atom. The van der Waals surface area contributed by atoms with Crippen LogP contribution in [0.2, 0.25) is 10.0 Å². The number of carbonyl (C=O) groups is 1. The summed E-state index contributed by atoms with van der Waals surface area (Å²) in [4.78, 5) is 16.4. The van der Waals surface area contributed by atoms with E-state index in [-0.39, 0.29) is 23.6 Å². The lowest BCUT2D eigenvalue weighted by atomic mass is 10.2. The van der Waals surface area contributed by atoms with E-state index in [0.29, 0.717) is 44.7 Å². The number of para-hydroxylation sites is 2. The van der Waals surface area contributed by atoms with Crippen molar-refractivity contribution in [1.82, 2.24) is 19.7 Å². The van der Waals surface area contributed by atoms with Gasteiger partial charge in [0.1, 0.15) is 6.61 Å². The zero-order valence-corrected chi connectivity index (χ0v) is 18.4. The maximum Gasteiger partial charge on any atom is 0.236 e. The van der Waals surface area contributed by atoms with E-state index in [4.69, 9.17) is 32.7 Å². The number of benzene rings is 1. The monoisotopic (exact) mass is 465 g/mol. The summed E-state index contributed by atoms with van der Waals surface area (Å²) in [6.07, 6.45) is 1.06. The van der Waals surface area contributed by atoms with Crippen LogP contribution in [0.5, 0.6) is 11.5 Å². The van der Waals surface area contributed by atoms with Gasteiger partial charge in [0.05, 0.1) is 15.8 Å². The largest absolute Gasteiger partial charge is 0.485 e. The Morgan fingerprint density at radius 3 is 2.87 bits per heavy atom. The Balaban J connectivity index is 1.39. The van der Waals surface area contributed by atoms with E-state index in [0.717, 1.165) is 0 Å². The Bertz CT molecular complexity index is 1110. The number of hydrogen-bond acceptors (Lipinski definition) is 7. The first kappa shape index (κ1) is 20.8. The number of anilines is 1. The molecule has 1 atom stereocenters. The van der Waals surface area contributed by atoms with E-state index in [2.05, 4.69) is 20.5 Å². The molecule has 8 nitrogen and oxygen atoms in total. The predicted octanol–water partition coefficient (Wildman–Crippen LogP) is 4.07. The summed E-state index contributed by atoms with van der Waals surface area (Å²) in [5.74, 6) is 2.09. The van der Waals surface area contributed by atoms with Gasteiger partial charge in [0.25, 0.3) is 0 Å². The molecule has 0 saturated carbocycles. The number of amides is 1. The topological polar surface area (TPSA) is 91.2 Å². The summed E-state index contributed by atoms with van der Waals surface area (Å²) in [5.41, 5.74) is 0.658. The lowest BCUT2D eigenvalue weighted by Gasteiger charge is -2.25. The van der Waals surface area contributed by atoms with Crippen molar-refractivity contribution in [1.29, 1.82) is 0 Å². The molecule has 0 aliphatic carbocycles. The third kappa shape index (κ3) is 4.19. The molecule has 4 rings (SSSR count). The molecular formula is C19H17Cl2N5O3S. The zero-order chi connectivity index (χ0) is 21.3. The van der Waals surface area contributed by atoms with Crippen molar-refractivity contribution in [2.75, 3.05) is 17.7 Å². The fraction of sp³-hybridized carbons (Fsp3) is 0.263. The second-order valence-electron chi connectivity index (χ2n) is 6.49. The van der Waals surface area contributed by atoms with Gasteiger partial charge in [-0.05, 0) is 24.6 Å². The van der Waals surface area contributed by atoms with Crippen LogP contribution in [0.25, 0.3) is 0 Å². The standard InChI is InChI=1S/C19H17Cl2N5O3S/c1-10-11(20)7-22-17(16(10)21)23-15(27)9-30-19-25-24-18(26(19)2)14-8-28-12-5-3-4-6-13(12)29-14/h3-7,14H,8-9H2,1-2H3,(H,22,23,27). The predicted molar refractivity (Wildman–Crippen MR) is 115 cm³/mol. The van der Waals surface area contributed by atoms with Crippen LogP contribution in [0.15, 0.2) is 35.6 Å². The molecule has 1 amide bonds. The maximum absolute atomic E-state index is 12.3. The second-order valence-corrected chi connectivity index (χ2v) is 8.22. The number of halogens is 2. The quantitative estimate of drug-likeness (QED) is 0.567. The van der Waals surface area contributed by atoms with E-state index in [1.807, 2.05) is 31.3 Å². The number of thioether (sulfide) groups is 1. The van der Waals surface area contributed by atoms with Crippen LogP contribution in [0.4, 0.5) is 5.82 Å². The third-order valence-corrected chi connectivity index (χ3v) is 6.32. The molecule has 1 unspecified atom stereocenters. The maximum atomic E-state index is 12.3. The van der Waals surface area contributed by atoms with Gasteiger partial charge in [-0.1, -0.05) is 47.1 Å². The number of nitrogens with zero attached hydrogens (tertiary/aromatic N) is 4. The average Bonchev–Trinajstić information content (AvgIpc) is 3.12. The molecule has 0 radical (unpaired) electrons. The first-order valence-corrected chi connectivity index (χ1v) is 10.7. The Hall–Kier alpha value is -2.49. The molecule has 0 fully saturated rings. The van der Waals surface area contributed by atoms with Crippen molar-refractivity contribution in [2.24, 2.45) is 7.05 Å². The summed E-state index contributed by atoms with van der Waals surface area (Å²) in [6.45, 7) is 2.08. The van der Waals surface area contributed by atoms with Crippen molar-refractivity contribution < 1.29 is 14.3 Å². The molecule has 0 saturated heterocycles. The molecule has 0 bridgehead atoms. The molecule has 1 aliphatic heterocycles. The molecular weight excluding hydrogens is 449 g/mol. The minimum Gasteiger partial charge on any atom is -0.485 e. The highest BCUT2D eigenvalue weighted by Gasteiger charge is 2.27. The summed E-state index contributed by atoms with van der Waals surface area (Å²) in [5, 5.41) is 12.4. The third-order valence-electron chi connectivity index (χ3n) is 4.46. The Labute approximate surface area is 186 Å². The van der Waals surface area contributed by atoms with Crippen LogP contribution in [-0.4, -0.2) is 38.0 Å². The van der Waals surface area contributed by atoms with Gasteiger partial charge in [0, 0.05) is 13.2 Å². The first-order chi connectivity index (χ1) is 14.4. The molecule has 2 aromatic heterocycles. The summed E-state index contributed by atoms with van der Waals surface area (Å²) in [6, 6.07) is 7.46. The molecule has 1 aliphatic rings. The normalized spacial score (nSPS) is 15.1. The number of pyridine rings is 1. The number of nitrogens with one attached hydrogen (secondary N) is 1. The van der Waals surface area contributed by atoms with E-state index in [9.17, 15) is 4.79 Å². The number of aromatic nitrogens is 4. The van der Waals surface area contributed by atoms with Crippen molar-refractivity contribution in [3.8, 4) is 11.5 Å². The SMILES string of the molecule is Cc1c(Cl)cnc(NC(=O)CSc2nnc(C3COc4ccccc4O3)n2C)c1Cl. The average molecular weight is 466 g/mol. The van der Waals surface area contributed by atoms with E-state index >= 15 is 0 Å². The van der Waals surface area contributed by atoms with E-state index in [1.165, 1.54) is 18.0 Å². The Kier molecular flexibility index (Phi) is 6.03. The lowest BCUT2D eigenvalue weighted by Crippen LogP contribution is -2.24. The summed E-state index contributed by atoms with van der Waals surface area (Å²) in [7, 11) is 1.82. The molecule has 156 valence electrons. The zero-order valence-electron chi connectivity index (χ0n) is 16.1. The van der Waals surface area contributed by atoms with Crippen LogP contribution in [0.1, 0.15) is 17.5 Å². The van der Waals surface area contributed by atoms with Crippen molar-refractivity contribution in [3.05, 3.63) is 51.9 Å². The fourth-order valence-corrected chi connectivity index (χ4v) is 3.93. The van der Waals surface area contributed by atoms with Crippen LogP contribution in [-0.2, 0) is 11.8 Å². The molecule has 0 spiro atoms. The van der Waals surface area contributed by atoms with E-state index in [1.54, 1.807) is 11.5 Å². The molecule has 30 heavy (non-hydrogen) atoms. The number of carbonyl (C=O) groups excluding carboxylic acids is 1. The molecule has 1 aromatic carbocycles. The fourth-order valence-electron chi connectivity index (χ4n) is 2.82.